The summed E-state index contributed by atoms with van der Waals surface area (Å²) in [6, 6.07) is 4.90. The lowest BCUT2D eigenvalue weighted by Crippen LogP contribution is -2.06. The van der Waals surface area contributed by atoms with E-state index in [1.54, 1.807) is 25.1 Å². The maximum absolute atomic E-state index is 12.4. The summed E-state index contributed by atoms with van der Waals surface area (Å²) in [6.07, 6.45) is -4.40. The van der Waals surface area contributed by atoms with Crippen LogP contribution in [-0.2, 0) is 6.18 Å². The smallest absolute Gasteiger partial charge is 0.277 e. The first kappa shape index (κ1) is 9.05. The summed E-state index contributed by atoms with van der Waals surface area (Å²) in [7, 11) is 0. The summed E-state index contributed by atoms with van der Waals surface area (Å²) in [5.74, 6) is 0. The average Bonchev–Trinajstić information content (AvgIpc) is 2.47. The summed E-state index contributed by atoms with van der Waals surface area (Å²) in [4.78, 5) is 0. The largest absolute Gasteiger partial charge is 0.435 e. The van der Waals surface area contributed by atoms with Crippen molar-refractivity contribution >= 4 is 10.9 Å². The number of H-pyrrole nitrogens is 1. The van der Waals surface area contributed by atoms with Gasteiger partial charge in [-0.15, -0.1) is 0 Å². The van der Waals surface area contributed by atoms with Crippen LogP contribution in [0.15, 0.2) is 18.2 Å². The van der Waals surface area contributed by atoms with Crippen molar-refractivity contribution in [3.05, 3.63) is 29.5 Å². The van der Waals surface area contributed by atoms with Gasteiger partial charge >= 0.3 is 6.18 Å². The summed E-state index contributed by atoms with van der Waals surface area (Å²) in [5.41, 5.74) is 0.145. The Hall–Kier alpha value is -1.52. The van der Waals surface area contributed by atoms with Crippen molar-refractivity contribution in [1.29, 1.82) is 0 Å². The summed E-state index contributed by atoms with van der Waals surface area (Å²) >= 11 is 0. The standard InChI is InChI=1S/C9H7F3N2/c1-5-3-2-4-6-7(5)8(14-13-6)9(10,11)12/h2-4H,1H3,(H,13,14). The number of hydrogen-bond acceptors (Lipinski definition) is 1. The van der Waals surface area contributed by atoms with Crippen LogP contribution in [0.1, 0.15) is 11.3 Å². The molecule has 0 aliphatic heterocycles. The highest BCUT2D eigenvalue weighted by Gasteiger charge is 2.36. The molecule has 1 N–H and O–H groups in total. The molecule has 0 aliphatic carbocycles. The topological polar surface area (TPSA) is 28.7 Å². The van der Waals surface area contributed by atoms with Crippen LogP contribution in [0, 0.1) is 6.92 Å². The number of halogens is 3. The molecule has 2 nitrogen and oxygen atoms in total. The fourth-order valence-corrected chi connectivity index (χ4v) is 1.45. The minimum atomic E-state index is -4.40. The molecule has 0 atom stereocenters. The molecule has 0 aliphatic rings. The molecule has 1 aromatic carbocycles. The van der Waals surface area contributed by atoms with E-state index >= 15 is 0 Å². The highest BCUT2D eigenvalue weighted by molar-refractivity contribution is 5.85. The Morgan fingerprint density at radius 2 is 2.00 bits per heavy atom. The number of fused-ring (bicyclic) bond motifs is 1. The third-order valence-electron chi connectivity index (χ3n) is 2.07. The number of alkyl halides is 3. The maximum atomic E-state index is 12.4. The molecule has 1 aromatic heterocycles. The van der Waals surface area contributed by atoms with Gasteiger partial charge in [0.15, 0.2) is 5.69 Å². The zero-order valence-corrected chi connectivity index (χ0v) is 7.31. The van der Waals surface area contributed by atoms with Gasteiger partial charge in [-0.25, -0.2) is 0 Å². The normalized spacial score (nSPS) is 12.3. The minimum Gasteiger partial charge on any atom is -0.277 e. The lowest BCUT2D eigenvalue weighted by Gasteiger charge is -2.03. The number of nitrogens with zero attached hydrogens (tertiary/aromatic N) is 1. The number of aromatic nitrogens is 2. The molecule has 0 radical (unpaired) electrons. The van der Waals surface area contributed by atoms with Crippen LogP contribution in [0.4, 0.5) is 13.2 Å². The monoisotopic (exact) mass is 200 g/mol. The van der Waals surface area contributed by atoms with Crippen LogP contribution in [0.2, 0.25) is 0 Å². The molecule has 5 heteroatoms. The van der Waals surface area contributed by atoms with E-state index < -0.39 is 11.9 Å². The van der Waals surface area contributed by atoms with E-state index in [1.807, 2.05) is 0 Å². The van der Waals surface area contributed by atoms with Gasteiger partial charge in [0.25, 0.3) is 0 Å². The molecule has 14 heavy (non-hydrogen) atoms. The van der Waals surface area contributed by atoms with E-state index in [-0.39, 0.29) is 5.39 Å². The Morgan fingerprint density at radius 3 is 2.64 bits per heavy atom. The van der Waals surface area contributed by atoms with E-state index in [4.69, 9.17) is 0 Å². The molecule has 2 rings (SSSR count). The van der Waals surface area contributed by atoms with Gasteiger partial charge in [0, 0.05) is 5.39 Å². The predicted octanol–water partition coefficient (Wildman–Crippen LogP) is 2.89. The van der Waals surface area contributed by atoms with Crippen LogP contribution in [0.5, 0.6) is 0 Å². The van der Waals surface area contributed by atoms with Crippen molar-refractivity contribution < 1.29 is 13.2 Å². The quantitative estimate of drug-likeness (QED) is 0.695. The second kappa shape index (κ2) is 2.73. The van der Waals surface area contributed by atoms with Gasteiger partial charge in [0.05, 0.1) is 5.52 Å². The van der Waals surface area contributed by atoms with Crippen molar-refractivity contribution in [3.8, 4) is 0 Å². The van der Waals surface area contributed by atoms with Gasteiger partial charge in [-0.2, -0.15) is 18.3 Å². The first-order valence-electron chi connectivity index (χ1n) is 4.01. The fourth-order valence-electron chi connectivity index (χ4n) is 1.45. The van der Waals surface area contributed by atoms with Gasteiger partial charge in [-0.3, -0.25) is 5.10 Å². The Labute approximate surface area is 77.7 Å². The van der Waals surface area contributed by atoms with Gasteiger partial charge < -0.3 is 0 Å². The molecular formula is C9H7F3N2. The van der Waals surface area contributed by atoms with Crippen LogP contribution in [0.25, 0.3) is 10.9 Å². The zero-order valence-electron chi connectivity index (χ0n) is 7.31. The molecule has 0 saturated carbocycles. The predicted molar refractivity (Wildman–Crippen MR) is 45.8 cm³/mol. The van der Waals surface area contributed by atoms with Gasteiger partial charge in [0.1, 0.15) is 0 Å². The van der Waals surface area contributed by atoms with Crippen LogP contribution in [0.3, 0.4) is 0 Å². The summed E-state index contributed by atoms with van der Waals surface area (Å²) in [6.45, 7) is 1.63. The van der Waals surface area contributed by atoms with Crippen LogP contribution in [-0.4, -0.2) is 10.2 Å². The van der Waals surface area contributed by atoms with Gasteiger partial charge in [0.2, 0.25) is 0 Å². The first-order chi connectivity index (χ1) is 6.50. The number of aryl methyl sites for hydroxylation is 1. The van der Waals surface area contributed by atoms with Gasteiger partial charge in [-0.05, 0) is 18.6 Å². The van der Waals surface area contributed by atoms with E-state index in [0.29, 0.717) is 11.1 Å². The van der Waals surface area contributed by atoms with E-state index in [2.05, 4.69) is 10.2 Å². The number of rotatable bonds is 0. The molecule has 0 amide bonds. The number of aromatic amines is 1. The first-order valence-corrected chi connectivity index (χ1v) is 4.01. The molecule has 0 bridgehead atoms. The van der Waals surface area contributed by atoms with Crippen molar-refractivity contribution in [2.45, 2.75) is 13.1 Å². The minimum absolute atomic E-state index is 0.153. The molecule has 0 saturated heterocycles. The molecule has 0 fully saturated rings. The third-order valence-corrected chi connectivity index (χ3v) is 2.07. The number of benzene rings is 1. The lowest BCUT2D eigenvalue weighted by molar-refractivity contribution is -0.139. The van der Waals surface area contributed by atoms with Crippen LogP contribution >= 0.6 is 0 Å². The third kappa shape index (κ3) is 1.25. The van der Waals surface area contributed by atoms with Crippen molar-refractivity contribution in [2.24, 2.45) is 0 Å². The van der Waals surface area contributed by atoms with E-state index in [9.17, 15) is 13.2 Å². The Kier molecular flexibility index (Phi) is 1.77. The SMILES string of the molecule is Cc1cccc2[nH]nc(C(F)(F)F)c12. The average molecular weight is 200 g/mol. The molecule has 0 unspecified atom stereocenters. The summed E-state index contributed by atoms with van der Waals surface area (Å²) < 4.78 is 37.3. The van der Waals surface area contributed by atoms with Crippen molar-refractivity contribution in [2.75, 3.05) is 0 Å². The number of nitrogens with one attached hydrogen (secondary N) is 1. The second-order valence-electron chi connectivity index (χ2n) is 3.07. The Bertz CT molecular complexity index is 470. The molecule has 1 heterocycles. The number of hydrogen-bond donors (Lipinski definition) is 1. The van der Waals surface area contributed by atoms with E-state index in [1.165, 1.54) is 0 Å². The maximum Gasteiger partial charge on any atom is 0.435 e. The van der Waals surface area contributed by atoms with Crippen molar-refractivity contribution in [1.82, 2.24) is 10.2 Å². The summed E-state index contributed by atoms with van der Waals surface area (Å²) in [5, 5.41) is 5.80. The van der Waals surface area contributed by atoms with Gasteiger partial charge in [-0.1, -0.05) is 12.1 Å². The molecular weight excluding hydrogens is 193 g/mol. The molecule has 0 spiro atoms. The Morgan fingerprint density at radius 1 is 1.29 bits per heavy atom. The molecule has 74 valence electrons. The van der Waals surface area contributed by atoms with Crippen molar-refractivity contribution in [3.63, 3.8) is 0 Å². The Balaban J connectivity index is 2.80. The van der Waals surface area contributed by atoms with E-state index in [0.717, 1.165) is 0 Å². The highest BCUT2D eigenvalue weighted by Crippen LogP contribution is 2.34. The fraction of sp³-hybridized carbons (Fsp3) is 0.222. The highest BCUT2D eigenvalue weighted by atomic mass is 19.4. The van der Waals surface area contributed by atoms with Crippen LogP contribution < -0.4 is 0 Å². The zero-order chi connectivity index (χ0) is 10.3. The molecule has 2 aromatic rings. The lowest BCUT2D eigenvalue weighted by atomic mass is 10.1. The second-order valence-corrected chi connectivity index (χ2v) is 3.07.